The molecule has 3 unspecified atom stereocenters. The number of fused-ring (bicyclic) bond motifs is 1. The number of hydrogen-bond donors (Lipinski definition) is 1. The van der Waals surface area contributed by atoms with Crippen LogP contribution in [0.25, 0.3) is 10.9 Å². The van der Waals surface area contributed by atoms with E-state index in [-0.39, 0.29) is 34.5 Å². The molecule has 0 bridgehead atoms. The molecule has 6 nitrogen and oxygen atoms in total. The van der Waals surface area contributed by atoms with Gasteiger partial charge in [-0.2, -0.15) is 0 Å². The Morgan fingerprint density at radius 3 is 3.10 bits per heavy atom. The minimum atomic E-state index is -1.52. The van der Waals surface area contributed by atoms with Gasteiger partial charge in [-0.25, -0.2) is 4.98 Å². The number of carbonyl (C=O) groups excluding carboxylic acids is 2. The minimum Gasteiger partial charge on any atom is -0.398 e. The third-order valence-electron chi connectivity index (χ3n) is 3.32. The molecule has 1 saturated carbocycles. The SMILES string of the molecule is [2H]Cc1nc2cc([2H])c([2H])c(N)c2c(=O)n1C1C(=O)CC(=O)C([2H])C1[2H]. The van der Waals surface area contributed by atoms with Gasteiger partial charge >= 0.3 is 0 Å². The molecular weight excluding hydrogens is 270 g/mol. The number of hydrogen-bond acceptors (Lipinski definition) is 5. The molecule has 1 heterocycles. The Hall–Kier alpha value is -2.50. The summed E-state index contributed by atoms with van der Waals surface area (Å²) in [6.07, 6.45) is -3.57. The third-order valence-corrected chi connectivity index (χ3v) is 3.32. The molecule has 0 spiro atoms. The lowest BCUT2D eigenvalue weighted by Crippen LogP contribution is -2.36. The highest BCUT2D eigenvalue weighted by Gasteiger charge is 2.30. The molecule has 0 saturated heterocycles. The Bertz CT molecular complexity index is 1010. The van der Waals surface area contributed by atoms with E-state index in [2.05, 4.69) is 4.98 Å². The van der Waals surface area contributed by atoms with Gasteiger partial charge in [0, 0.05) is 16.2 Å². The van der Waals surface area contributed by atoms with Crippen LogP contribution in [-0.2, 0) is 9.59 Å². The van der Waals surface area contributed by atoms with Crippen LogP contribution in [0.15, 0.2) is 22.9 Å². The van der Waals surface area contributed by atoms with Gasteiger partial charge in [0.05, 0.1) is 26.1 Å². The zero-order valence-electron chi connectivity index (χ0n) is 15.9. The van der Waals surface area contributed by atoms with Crippen molar-refractivity contribution in [3.63, 3.8) is 0 Å². The first-order valence-corrected chi connectivity index (χ1v) is 6.19. The summed E-state index contributed by atoms with van der Waals surface area (Å²) in [5.74, 6) is -1.51. The second kappa shape index (κ2) is 4.80. The molecule has 2 aromatic rings. The van der Waals surface area contributed by atoms with E-state index in [0.29, 0.717) is 0 Å². The Kier molecular flexibility index (Phi) is 1.99. The van der Waals surface area contributed by atoms with Gasteiger partial charge in [0.1, 0.15) is 11.6 Å². The largest absolute Gasteiger partial charge is 0.398 e. The van der Waals surface area contributed by atoms with Crippen molar-refractivity contribution < 1.29 is 16.4 Å². The molecule has 0 amide bonds. The van der Waals surface area contributed by atoms with E-state index in [1.54, 1.807) is 0 Å². The summed E-state index contributed by atoms with van der Waals surface area (Å²) in [4.78, 5) is 41.1. The minimum absolute atomic E-state index is 0.0234. The Labute approximate surface area is 127 Å². The van der Waals surface area contributed by atoms with Crippen LogP contribution in [0.5, 0.6) is 0 Å². The first kappa shape index (κ1) is 8.71. The number of aryl methyl sites for hydroxylation is 1. The molecule has 0 aliphatic heterocycles. The van der Waals surface area contributed by atoms with Gasteiger partial charge in [-0.3, -0.25) is 19.0 Å². The van der Waals surface area contributed by atoms with E-state index in [1.165, 1.54) is 6.07 Å². The Balaban J connectivity index is 2.36. The van der Waals surface area contributed by atoms with Crippen molar-refractivity contribution in [2.24, 2.45) is 0 Å². The van der Waals surface area contributed by atoms with Crippen LogP contribution in [0.4, 0.5) is 5.69 Å². The summed E-state index contributed by atoms with van der Waals surface area (Å²) >= 11 is 0. The molecule has 3 atom stereocenters. The topological polar surface area (TPSA) is 95.0 Å². The highest BCUT2D eigenvalue weighted by molar-refractivity contribution is 6.03. The summed E-state index contributed by atoms with van der Waals surface area (Å²) in [5, 5.41) is -0.179. The van der Waals surface area contributed by atoms with Gasteiger partial charge in [0.25, 0.3) is 5.56 Å². The molecule has 6 heteroatoms. The highest BCUT2D eigenvalue weighted by Crippen LogP contribution is 2.24. The average molecular weight is 290 g/mol. The van der Waals surface area contributed by atoms with Crippen molar-refractivity contribution in [3.8, 4) is 0 Å². The second-order valence-electron chi connectivity index (χ2n) is 4.70. The summed E-state index contributed by atoms with van der Waals surface area (Å²) in [5.41, 5.74) is 4.72. The zero-order chi connectivity index (χ0) is 19.3. The maximum absolute atomic E-state index is 13.0. The van der Waals surface area contributed by atoms with E-state index in [1.807, 2.05) is 0 Å². The summed E-state index contributed by atoms with van der Waals surface area (Å²) in [6.45, 7) is -0.492. The molecule has 1 aliphatic carbocycles. The molecule has 0 radical (unpaired) electrons. The smallest absolute Gasteiger partial charge is 0.264 e. The monoisotopic (exact) mass is 290 g/mol. The Morgan fingerprint density at radius 1 is 1.52 bits per heavy atom. The number of anilines is 1. The van der Waals surface area contributed by atoms with Crippen LogP contribution in [0, 0.1) is 6.90 Å². The van der Waals surface area contributed by atoms with Gasteiger partial charge in [0.2, 0.25) is 0 Å². The predicted octanol–water partition coefficient (Wildman–Crippen LogP) is 1.15. The van der Waals surface area contributed by atoms with Crippen molar-refractivity contribution in [1.29, 1.82) is 0 Å². The van der Waals surface area contributed by atoms with E-state index in [4.69, 9.17) is 12.6 Å². The first-order chi connectivity index (χ1) is 12.2. The van der Waals surface area contributed by atoms with Gasteiger partial charge in [0.15, 0.2) is 5.78 Å². The van der Waals surface area contributed by atoms with Crippen LogP contribution in [0.2, 0.25) is 0 Å². The lowest BCUT2D eigenvalue weighted by molar-refractivity contribution is -0.132. The fourth-order valence-corrected chi connectivity index (χ4v) is 2.36. The number of Topliss-reactive ketones (excluding diaryl/α,β-unsaturated/α-hetero) is 2. The lowest BCUT2D eigenvalue weighted by atomic mass is 9.92. The molecule has 21 heavy (non-hydrogen) atoms. The summed E-state index contributed by atoms with van der Waals surface area (Å²) in [7, 11) is 0. The zero-order valence-corrected chi connectivity index (χ0v) is 10.9. The number of benzene rings is 1. The van der Waals surface area contributed by atoms with Crippen LogP contribution in [-0.4, -0.2) is 21.1 Å². The second-order valence-corrected chi connectivity index (χ2v) is 4.70. The van der Waals surface area contributed by atoms with Gasteiger partial charge in [-0.15, -0.1) is 0 Å². The van der Waals surface area contributed by atoms with Crippen molar-refractivity contribution in [2.45, 2.75) is 32.2 Å². The number of nitrogen functional groups attached to an aromatic ring is 1. The van der Waals surface area contributed by atoms with Crippen molar-refractivity contribution in [1.82, 2.24) is 9.55 Å². The van der Waals surface area contributed by atoms with E-state index in [0.717, 1.165) is 4.57 Å². The average Bonchev–Trinajstić information content (AvgIpc) is 2.59. The van der Waals surface area contributed by atoms with Gasteiger partial charge < -0.3 is 5.73 Å². The maximum Gasteiger partial charge on any atom is 0.264 e. The molecule has 1 fully saturated rings. The molecule has 1 aromatic heterocycles. The normalized spacial score (nSPS) is 29.5. The quantitative estimate of drug-likeness (QED) is 0.628. The van der Waals surface area contributed by atoms with Gasteiger partial charge in [-0.1, -0.05) is 6.04 Å². The molecular formula is C15H15N3O3. The molecule has 1 aromatic carbocycles. The fourth-order valence-electron chi connectivity index (χ4n) is 2.36. The number of carbonyl (C=O) groups is 2. The van der Waals surface area contributed by atoms with Crippen LogP contribution in [0.3, 0.4) is 0 Å². The summed E-state index contributed by atoms with van der Waals surface area (Å²) in [6, 6.07) is -0.854. The van der Waals surface area contributed by atoms with E-state index in [9.17, 15) is 14.4 Å². The number of nitrogens with two attached hydrogens (primary N) is 1. The maximum atomic E-state index is 13.0. The number of ketones is 2. The van der Waals surface area contributed by atoms with E-state index >= 15 is 0 Å². The third kappa shape index (κ3) is 2.12. The van der Waals surface area contributed by atoms with Gasteiger partial charge in [-0.05, 0) is 25.4 Å². The fraction of sp³-hybridized carbons (Fsp3) is 0.333. The van der Waals surface area contributed by atoms with Crippen molar-refractivity contribution in [3.05, 3.63) is 34.3 Å². The highest BCUT2D eigenvalue weighted by atomic mass is 16.2. The molecule has 3 rings (SSSR count). The molecule has 108 valence electrons. The Morgan fingerprint density at radius 2 is 2.33 bits per heavy atom. The van der Waals surface area contributed by atoms with E-state index < -0.39 is 49.3 Å². The van der Waals surface area contributed by atoms with Crippen LogP contribution in [0.1, 0.15) is 37.9 Å². The van der Waals surface area contributed by atoms with Crippen LogP contribution >= 0.6 is 0 Å². The predicted molar refractivity (Wildman–Crippen MR) is 78.1 cm³/mol. The first-order valence-electron chi connectivity index (χ1n) is 9.05. The number of rotatable bonds is 1. The number of aromatic nitrogens is 2. The van der Waals surface area contributed by atoms with Crippen molar-refractivity contribution >= 4 is 28.2 Å². The number of nitrogens with zero attached hydrogens (tertiary/aromatic N) is 2. The van der Waals surface area contributed by atoms with Crippen LogP contribution < -0.4 is 11.3 Å². The standard InChI is InChI=1S/C15H15N3O3/c1-8-17-11-4-2-3-10(16)14(11)15(21)18(8)12-6-5-9(19)7-13(12)20/h2-4,12H,5-7,16H2,1H3/i1D,2D,3D,5D,6D. The van der Waals surface area contributed by atoms with Crippen molar-refractivity contribution in [2.75, 3.05) is 5.73 Å². The lowest BCUT2D eigenvalue weighted by Gasteiger charge is -2.24. The summed E-state index contributed by atoms with van der Waals surface area (Å²) < 4.78 is 39.8. The molecule has 1 aliphatic rings. The molecule has 2 N–H and O–H groups in total.